The summed E-state index contributed by atoms with van der Waals surface area (Å²) in [5.41, 5.74) is 1.84. The van der Waals surface area contributed by atoms with Gasteiger partial charge in [0.05, 0.1) is 37.0 Å². The van der Waals surface area contributed by atoms with Crippen molar-refractivity contribution < 1.29 is 23.0 Å². The third kappa shape index (κ3) is 8.46. The molecule has 0 bridgehead atoms. The quantitative estimate of drug-likeness (QED) is 0.102. The van der Waals surface area contributed by atoms with Crippen LogP contribution in [0.3, 0.4) is 0 Å². The molecule has 2 aromatic heterocycles. The van der Waals surface area contributed by atoms with Gasteiger partial charge in [-0.3, -0.25) is 4.79 Å². The fourth-order valence-electron chi connectivity index (χ4n) is 5.45. The van der Waals surface area contributed by atoms with Gasteiger partial charge in [0.25, 0.3) is 14.4 Å². The number of nitrogens with one attached hydrogen (secondary N) is 1. The molecule has 3 aromatic rings. The number of fused-ring (bicyclic) bond motifs is 1. The van der Waals surface area contributed by atoms with E-state index in [1.807, 2.05) is 28.8 Å². The van der Waals surface area contributed by atoms with Gasteiger partial charge >= 0.3 is 0 Å². The van der Waals surface area contributed by atoms with E-state index in [2.05, 4.69) is 89.5 Å². The molecule has 256 valence electrons. The first-order valence-corrected chi connectivity index (χ1v) is 20.5. The molecule has 13 heteroatoms. The summed E-state index contributed by atoms with van der Waals surface area (Å²) >= 11 is 0. The molecule has 0 aliphatic carbocycles. The van der Waals surface area contributed by atoms with Crippen molar-refractivity contribution in [3.05, 3.63) is 54.5 Å². The number of anilines is 1. The molecular formula is C34H51N6O5PSi. The number of rotatable bonds is 14. The van der Waals surface area contributed by atoms with Crippen molar-refractivity contribution in [2.45, 2.75) is 123 Å². The summed E-state index contributed by atoms with van der Waals surface area (Å²) in [6.07, 6.45) is 2.56. The van der Waals surface area contributed by atoms with E-state index in [9.17, 15) is 10.1 Å². The van der Waals surface area contributed by atoms with Gasteiger partial charge in [-0.25, -0.2) is 14.6 Å². The molecular weight excluding hydrogens is 631 g/mol. The lowest BCUT2D eigenvalue weighted by molar-refractivity contribution is -0.0322. The Balaban J connectivity index is 1.76. The van der Waals surface area contributed by atoms with Gasteiger partial charge in [0.2, 0.25) is 0 Å². The maximum Gasteiger partial charge on any atom is 0.259 e. The van der Waals surface area contributed by atoms with Gasteiger partial charge in [-0.15, -0.1) is 0 Å². The van der Waals surface area contributed by atoms with Gasteiger partial charge in [-0.1, -0.05) is 45.9 Å². The molecule has 1 amide bonds. The number of aromatic nitrogens is 3. The van der Waals surface area contributed by atoms with E-state index in [-0.39, 0.29) is 42.2 Å². The first-order valence-electron chi connectivity index (χ1n) is 16.5. The van der Waals surface area contributed by atoms with Crippen LogP contribution >= 0.6 is 8.53 Å². The fourth-order valence-corrected chi connectivity index (χ4v) is 8.51. The monoisotopic (exact) mass is 682 g/mol. The minimum atomic E-state index is -2.35. The number of benzene rings is 1. The first-order chi connectivity index (χ1) is 22.2. The van der Waals surface area contributed by atoms with Crippen molar-refractivity contribution in [2.75, 3.05) is 11.9 Å². The number of carbonyl (C=O) groups is 1. The minimum absolute atomic E-state index is 0.0713. The van der Waals surface area contributed by atoms with Crippen LogP contribution in [0.2, 0.25) is 18.1 Å². The average Bonchev–Trinajstić information content (AvgIpc) is 3.58. The zero-order chi connectivity index (χ0) is 34.5. The van der Waals surface area contributed by atoms with Gasteiger partial charge in [0, 0.05) is 23.8 Å². The van der Waals surface area contributed by atoms with Crippen LogP contribution < -0.4 is 5.32 Å². The van der Waals surface area contributed by atoms with E-state index in [4.69, 9.17) is 23.2 Å². The number of hydrogen-bond acceptors (Lipinski definition) is 9. The van der Waals surface area contributed by atoms with Crippen LogP contribution in [-0.4, -0.2) is 70.4 Å². The lowest BCUT2D eigenvalue weighted by atomic mass is 10.1. The minimum Gasteiger partial charge on any atom is -0.407 e. The molecule has 47 heavy (non-hydrogen) atoms. The Morgan fingerprint density at radius 1 is 1.13 bits per heavy atom. The third-order valence-corrected chi connectivity index (χ3v) is 15.4. The van der Waals surface area contributed by atoms with Crippen LogP contribution in [0.4, 0.5) is 5.82 Å². The van der Waals surface area contributed by atoms with E-state index >= 15 is 0 Å². The summed E-state index contributed by atoms with van der Waals surface area (Å²) in [5, 5.41) is 12.1. The summed E-state index contributed by atoms with van der Waals surface area (Å²) in [6, 6.07) is 13.4. The predicted octanol–water partition coefficient (Wildman–Crippen LogP) is 8.04. The Morgan fingerprint density at radius 2 is 1.81 bits per heavy atom. The number of amides is 1. The Morgan fingerprint density at radius 3 is 2.40 bits per heavy atom. The Kier molecular flexibility index (Phi) is 12.3. The number of pyridine rings is 1. The molecule has 1 aliphatic heterocycles. The maximum atomic E-state index is 13.0. The van der Waals surface area contributed by atoms with Crippen molar-refractivity contribution >= 4 is 39.6 Å². The van der Waals surface area contributed by atoms with Crippen LogP contribution in [0.25, 0.3) is 11.0 Å². The number of nitriles is 1. The highest BCUT2D eigenvalue weighted by molar-refractivity contribution is 7.44. The third-order valence-electron chi connectivity index (χ3n) is 8.83. The normalized spacial score (nSPS) is 21.1. The van der Waals surface area contributed by atoms with Gasteiger partial charge in [-0.2, -0.15) is 5.26 Å². The molecule has 0 radical (unpaired) electrons. The smallest absolute Gasteiger partial charge is 0.259 e. The Hall–Kier alpha value is -2.75. The topological polar surface area (TPSA) is 124 Å². The van der Waals surface area contributed by atoms with Crippen molar-refractivity contribution in [1.82, 2.24) is 19.2 Å². The molecule has 1 aliphatic rings. The van der Waals surface area contributed by atoms with Crippen LogP contribution in [0.5, 0.6) is 0 Å². The summed E-state index contributed by atoms with van der Waals surface area (Å²) in [6.45, 7) is 22.0. The zero-order valence-corrected chi connectivity index (χ0v) is 31.3. The number of nitrogens with zero attached hydrogens (tertiary/aromatic N) is 5. The molecule has 1 fully saturated rings. The standard InChI is InChI=1S/C34H51N6O5PSi/c1-11-27-29(44-46(42-21-15-19-35)40(23(2)3)24(4)5)30(45-47(9,10)34(6,7)8)33(43-27)39-22-37-28-26(39)18-20-36-31(28)38-32(41)25-16-13-12-14-17-25/h12-14,16-18,20,22-24,27,29-30,33H,11,15,21H2,1-10H3,(H,36,38,41)/t27-,29-,30-,33-,46?/m1/s1. The SMILES string of the molecule is CC[C@H]1O[C@@H](n2cnc3c(NC(=O)c4ccccc4)nccc32)[C@H](O[Si](C)(C)C(C)(C)C)[C@@H]1OP(OCCC#N)N(C(C)C)C(C)C. The van der Waals surface area contributed by atoms with Gasteiger partial charge in [0.1, 0.15) is 17.7 Å². The molecule has 3 heterocycles. The zero-order valence-electron chi connectivity index (χ0n) is 29.4. The van der Waals surface area contributed by atoms with Crippen LogP contribution in [0.1, 0.15) is 84.8 Å². The lowest BCUT2D eigenvalue weighted by Gasteiger charge is -2.42. The molecule has 1 N–H and O–H groups in total. The Bertz CT molecular complexity index is 1510. The molecule has 1 saturated heterocycles. The summed E-state index contributed by atoms with van der Waals surface area (Å²) < 4.78 is 31.6. The molecule has 0 saturated carbocycles. The molecule has 1 unspecified atom stereocenters. The average molecular weight is 683 g/mol. The van der Waals surface area contributed by atoms with Crippen LogP contribution in [0, 0.1) is 11.3 Å². The summed E-state index contributed by atoms with van der Waals surface area (Å²) in [5.74, 6) is 0.106. The highest BCUT2D eigenvalue weighted by atomic mass is 31.2. The van der Waals surface area contributed by atoms with Crippen molar-refractivity contribution in [3.8, 4) is 6.07 Å². The summed E-state index contributed by atoms with van der Waals surface area (Å²) in [7, 11) is -3.90. The van der Waals surface area contributed by atoms with E-state index in [0.29, 0.717) is 23.3 Å². The van der Waals surface area contributed by atoms with Gasteiger partial charge in [-0.05, 0) is 70.4 Å². The maximum absolute atomic E-state index is 13.0. The first kappa shape index (κ1) is 37.1. The highest BCUT2D eigenvalue weighted by Crippen LogP contribution is 2.52. The second-order valence-corrected chi connectivity index (χ2v) is 20.1. The highest BCUT2D eigenvalue weighted by Gasteiger charge is 2.53. The van der Waals surface area contributed by atoms with Crippen molar-refractivity contribution in [1.29, 1.82) is 5.26 Å². The summed E-state index contributed by atoms with van der Waals surface area (Å²) in [4.78, 5) is 22.2. The molecule has 4 rings (SSSR count). The second-order valence-electron chi connectivity index (χ2n) is 13.9. The van der Waals surface area contributed by atoms with Crippen molar-refractivity contribution in [3.63, 3.8) is 0 Å². The van der Waals surface area contributed by atoms with Crippen LogP contribution in [0.15, 0.2) is 48.9 Å². The van der Waals surface area contributed by atoms with Crippen LogP contribution in [-0.2, 0) is 18.2 Å². The molecule has 0 spiro atoms. The molecule has 5 atom stereocenters. The number of carbonyl (C=O) groups excluding carboxylic acids is 1. The largest absolute Gasteiger partial charge is 0.407 e. The van der Waals surface area contributed by atoms with E-state index in [1.54, 1.807) is 24.7 Å². The lowest BCUT2D eigenvalue weighted by Crippen LogP contribution is -2.49. The van der Waals surface area contributed by atoms with E-state index in [1.165, 1.54) is 0 Å². The van der Waals surface area contributed by atoms with Gasteiger partial charge < -0.3 is 28.1 Å². The number of hydrogen-bond donors (Lipinski definition) is 1. The number of imidazole rings is 1. The Labute approximate surface area is 282 Å². The van der Waals surface area contributed by atoms with Crippen molar-refractivity contribution in [2.24, 2.45) is 0 Å². The van der Waals surface area contributed by atoms with E-state index < -0.39 is 35.3 Å². The fraction of sp³-hybridized carbons (Fsp3) is 0.588. The molecule has 1 aromatic carbocycles. The molecule has 11 nitrogen and oxygen atoms in total. The predicted molar refractivity (Wildman–Crippen MR) is 188 cm³/mol. The second kappa shape index (κ2) is 15.6. The number of ether oxygens (including phenoxy) is 1. The van der Waals surface area contributed by atoms with E-state index in [0.717, 1.165) is 5.52 Å². The van der Waals surface area contributed by atoms with Gasteiger partial charge in [0.15, 0.2) is 20.4 Å².